The molecule has 1 aromatic carbocycles. The fraction of sp³-hybridized carbons (Fsp3) is 0.533. The van der Waals surface area contributed by atoms with Crippen molar-refractivity contribution >= 4 is 39.5 Å². The van der Waals surface area contributed by atoms with Gasteiger partial charge in [-0.3, -0.25) is 4.79 Å². The van der Waals surface area contributed by atoms with Crippen molar-refractivity contribution in [3.63, 3.8) is 0 Å². The van der Waals surface area contributed by atoms with Gasteiger partial charge in [0, 0.05) is 13.1 Å². The van der Waals surface area contributed by atoms with Crippen LogP contribution in [-0.2, 0) is 14.6 Å². The summed E-state index contributed by atoms with van der Waals surface area (Å²) >= 11 is 0. The number of benzene rings is 1. The number of piperidine rings is 1. The molecule has 0 aliphatic carbocycles. The topological polar surface area (TPSA) is 87.3 Å². The number of alkyl halides is 2. The van der Waals surface area contributed by atoms with Gasteiger partial charge in [-0.05, 0) is 44.5 Å². The molecule has 3 N–H and O–H groups in total. The maximum absolute atomic E-state index is 12.7. The highest BCUT2D eigenvalue weighted by Gasteiger charge is 2.28. The molecule has 1 atom stereocenters. The molecule has 0 bridgehead atoms. The van der Waals surface area contributed by atoms with Crippen LogP contribution in [0.3, 0.4) is 0 Å². The SMILES string of the molecule is CCNc1ccc(S(=O)(=O)C(F)F)cc1NC(=O)C1CCCNC1.Cl. The summed E-state index contributed by atoms with van der Waals surface area (Å²) in [5.74, 6) is -4.00. The van der Waals surface area contributed by atoms with Gasteiger partial charge in [-0.15, -0.1) is 12.4 Å². The van der Waals surface area contributed by atoms with Crippen molar-refractivity contribution in [2.24, 2.45) is 5.92 Å². The summed E-state index contributed by atoms with van der Waals surface area (Å²) in [6.07, 6.45) is 1.60. The second kappa shape index (κ2) is 9.30. The molecule has 6 nitrogen and oxygen atoms in total. The van der Waals surface area contributed by atoms with E-state index in [9.17, 15) is 22.0 Å². The van der Waals surface area contributed by atoms with E-state index in [0.717, 1.165) is 31.5 Å². The van der Waals surface area contributed by atoms with Gasteiger partial charge in [-0.2, -0.15) is 8.78 Å². The van der Waals surface area contributed by atoms with Crippen molar-refractivity contribution in [3.8, 4) is 0 Å². The Labute approximate surface area is 152 Å². The fourth-order valence-corrected chi connectivity index (χ4v) is 3.31. The summed E-state index contributed by atoms with van der Waals surface area (Å²) in [7, 11) is -4.72. The smallest absolute Gasteiger partial charge is 0.341 e. The van der Waals surface area contributed by atoms with Crippen LogP contribution in [0, 0.1) is 5.92 Å². The Morgan fingerprint density at radius 2 is 2.08 bits per heavy atom. The van der Waals surface area contributed by atoms with Crippen LogP contribution >= 0.6 is 12.4 Å². The molecular formula is C15H22ClF2N3O3S. The Morgan fingerprint density at radius 3 is 2.64 bits per heavy atom. The molecule has 10 heteroatoms. The average molecular weight is 398 g/mol. The lowest BCUT2D eigenvalue weighted by molar-refractivity contribution is -0.120. The summed E-state index contributed by atoms with van der Waals surface area (Å²) in [6.45, 7) is 3.77. The van der Waals surface area contributed by atoms with Gasteiger partial charge in [0.15, 0.2) is 0 Å². The standard InChI is InChI=1S/C15H21F2N3O3S.ClH/c1-2-19-12-6-5-11(24(22,23)15(16)17)8-13(12)20-14(21)10-4-3-7-18-9-10;/h5-6,8,10,15,18-19H,2-4,7,9H2,1H3,(H,20,21);1H. The van der Waals surface area contributed by atoms with Gasteiger partial charge in [0.2, 0.25) is 15.7 Å². The predicted molar refractivity (Wildman–Crippen MR) is 95.3 cm³/mol. The van der Waals surface area contributed by atoms with Gasteiger partial charge in [0.1, 0.15) is 0 Å². The number of nitrogens with one attached hydrogen (secondary N) is 3. The zero-order chi connectivity index (χ0) is 17.7. The molecule has 1 fully saturated rings. The first-order valence-corrected chi connectivity index (χ1v) is 9.32. The van der Waals surface area contributed by atoms with Gasteiger partial charge in [0.05, 0.1) is 22.2 Å². The van der Waals surface area contributed by atoms with Gasteiger partial charge in [-0.25, -0.2) is 8.42 Å². The summed E-state index contributed by atoms with van der Waals surface area (Å²) < 4.78 is 48.8. The third-order valence-corrected chi connectivity index (χ3v) is 5.23. The zero-order valence-electron chi connectivity index (χ0n) is 13.7. The number of halogens is 3. The van der Waals surface area contributed by atoms with E-state index in [0.29, 0.717) is 18.8 Å². The lowest BCUT2D eigenvalue weighted by Gasteiger charge is -2.23. The van der Waals surface area contributed by atoms with E-state index >= 15 is 0 Å². The van der Waals surface area contributed by atoms with E-state index < -0.39 is 20.5 Å². The molecular weight excluding hydrogens is 376 g/mol. The van der Waals surface area contributed by atoms with Crippen molar-refractivity contribution in [2.75, 3.05) is 30.3 Å². The van der Waals surface area contributed by atoms with Crippen LogP contribution in [0.2, 0.25) is 0 Å². The fourth-order valence-electron chi connectivity index (χ4n) is 2.56. The molecule has 25 heavy (non-hydrogen) atoms. The van der Waals surface area contributed by atoms with E-state index in [1.54, 1.807) is 0 Å². The Balaban J connectivity index is 0.00000312. The molecule has 1 aromatic rings. The van der Waals surface area contributed by atoms with Crippen LogP contribution in [0.4, 0.5) is 20.2 Å². The summed E-state index contributed by atoms with van der Waals surface area (Å²) in [4.78, 5) is 11.8. The number of rotatable bonds is 6. The van der Waals surface area contributed by atoms with E-state index in [-0.39, 0.29) is 29.9 Å². The molecule has 0 spiro atoms. The second-order valence-corrected chi connectivity index (χ2v) is 7.49. The first-order chi connectivity index (χ1) is 11.4. The molecule has 0 radical (unpaired) electrons. The number of amides is 1. The number of carbonyl (C=O) groups excluding carboxylic acids is 1. The van der Waals surface area contributed by atoms with Crippen molar-refractivity contribution in [1.29, 1.82) is 0 Å². The van der Waals surface area contributed by atoms with Gasteiger partial charge >= 0.3 is 5.76 Å². The number of hydrogen-bond acceptors (Lipinski definition) is 5. The molecule has 2 rings (SSSR count). The quantitative estimate of drug-likeness (QED) is 0.686. The van der Waals surface area contributed by atoms with Crippen LogP contribution in [0.5, 0.6) is 0 Å². The summed E-state index contributed by atoms with van der Waals surface area (Å²) in [5.41, 5.74) is 0.678. The number of sulfone groups is 1. The third kappa shape index (κ3) is 5.26. The van der Waals surface area contributed by atoms with E-state index in [4.69, 9.17) is 0 Å². The Hall–Kier alpha value is -1.45. The van der Waals surface area contributed by atoms with Crippen LogP contribution in [0.15, 0.2) is 23.1 Å². The lowest BCUT2D eigenvalue weighted by Crippen LogP contribution is -2.37. The van der Waals surface area contributed by atoms with Crippen molar-refractivity contribution < 1.29 is 22.0 Å². The second-order valence-electron chi connectivity index (χ2n) is 5.58. The first-order valence-electron chi connectivity index (χ1n) is 7.77. The zero-order valence-corrected chi connectivity index (χ0v) is 15.4. The predicted octanol–water partition coefficient (Wildman–Crippen LogP) is 2.47. The molecule has 0 saturated carbocycles. The molecule has 142 valence electrons. The van der Waals surface area contributed by atoms with Crippen molar-refractivity contribution in [1.82, 2.24) is 5.32 Å². The van der Waals surface area contributed by atoms with E-state index in [2.05, 4.69) is 16.0 Å². The highest BCUT2D eigenvalue weighted by atomic mass is 35.5. The minimum absolute atomic E-state index is 0. The van der Waals surface area contributed by atoms with Gasteiger partial charge in [0.25, 0.3) is 0 Å². The van der Waals surface area contributed by atoms with E-state index in [1.165, 1.54) is 6.07 Å². The monoisotopic (exact) mass is 397 g/mol. The van der Waals surface area contributed by atoms with Crippen LogP contribution in [-0.4, -0.2) is 39.7 Å². The Morgan fingerprint density at radius 1 is 1.36 bits per heavy atom. The molecule has 1 aliphatic rings. The highest BCUT2D eigenvalue weighted by Crippen LogP contribution is 2.29. The number of carbonyl (C=O) groups is 1. The van der Waals surface area contributed by atoms with E-state index in [1.807, 2.05) is 6.92 Å². The molecule has 1 saturated heterocycles. The number of anilines is 2. The van der Waals surface area contributed by atoms with Crippen LogP contribution in [0.25, 0.3) is 0 Å². The summed E-state index contributed by atoms with van der Waals surface area (Å²) in [5, 5.41) is 8.77. The first kappa shape index (κ1) is 21.6. The third-order valence-electron chi connectivity index (χ3n) is 3.85. The van der Waals surface area contributed by atoms with Gasteiger partial charge in [-0.1, -0.05) is 0 Å². The maximum Gasteiger partial charge on any atom is 0.341 e. The molecule has 1 aliphatic heterocycles. The Kier molecular flexibility index (Phi) is 8.04. The normalized spacial score (nSPS) is 17.7. The van der Waals surface area contributed by atoms with Crippen LogP contribution in [0.1, 0.15) is 19.8 Å². The van der Waals surface area contributed by atoms with Crippen LogP contribution < -0.4 is 16.0 Å². The minimum atomic E-state index is -4.72. The molecule has 1 amide bonds. The maximum atomic E-state index is 12.7. The lowest BCUT2D eigenvalue weighted by atomic mass is 9.99. The average Bonchev–Trinajstić information content (AvgIpc) is 2.57. The number of hydrogen-bond donors (Lipinski definition) is 3. The summed E-state index contributed by atoms with van der Waals surface area (Å²) in [6, 6.07) is 3.57. The minimum Gasteiger partial charge on any atom is -0.384 e. The Bertz CT molecular complexity index is 695. The molecule has 0 aromatic heterocycles. The van der Waals surface area contributed by atoms with Crippen molar-refractivity contribution in [2.45, 2.75) is 30.4 Å². The van der Waals surface area contributed by atoms with Gasteiger partial charge < -0.3 is 16.0 Å². The largest absolute Gasteiger partial charge is 0.384 e. The molecule has 1 unspecified atom stereocenters. The highest BCUT2D eigenvalue weighted by molar-refractivity contribution is 7.91. The van der Waals surface area contributed by atoms with Crippen molar-refractivity contribution in [3.05, 3.63) is 18.2 Å². The molecule has 1 heterocycles.